The van der Waals surface area contributed by atoms with E-state index in [2.05, 4.69) is 81.1 Å². The summed E-state index contributed by atoms with van der Waals surface area (Å²) in [6, 6.07) is 18.3. The maximum Gasteiger partial charge on any atom is 0.0702 e. The minimum absolute atomic E-state index is 0.374. The van der Waals surface area contributed by atoms with Gasteiger partial charge in [0.2, 0.25) is 0 Å². The molecule has 1 aliphatic heterocycles. The molecule has 0 saturated carbocycles. The molecule has 0 bridgehead atoms. The van der Waals surface area contributed by atoms with E-state index in [0.29, 0.717) is 6.04 Å². The summed E-state index contributed by atoms with van der Waals surface area (Å²) in [6.07, 6.45) is 2.33. The summed E-state index contributed by atoms with van der Waals surface area (Å²) in [5.74, 6) is 0. The summed E-state index contributed by atoms with van der Waals surface area (Å²) >= 11 is 2.02. The van der Waals surface area contributed by atoms with Crippen LogP contribution < -0.4 is 0 Å². The van der Waals surface area contributed by atoms with Crippen LogP contribution in [0.15, 0.2) is 48.5 Å². The minimum Gasteiger partial charge on any atom is -0.287 e. The van der Waals surface area contributed by atoms with Crippen molar-refractivity contribution in [1.29, 1.82) is 0 Å². The van der Waals surface area contributed by atoms with Crippen molar-refractivity contribution in [1.82, 2.24) is 4.90 Å². The van der Waals surface area contributed by atoms with E-state index >= 15 is 0 Å². The zero-order valence-electron chi connectivity index (χ0n) is 16.9. The van der Waals surface area contributed by atoms with Crippen molar-refractivity contribution in [2.24, 2.45) is 0 Å². The molecule has 3 aromatic rings. The van der Waals surface area contributed by atoms with Crippen molar-refractivity contribution in [2.45, 2.75) is 53.1 Å². The molecule has 0 N–H and O–H groups in total. The molecule has 27 heavy (non-hydrogen) atoms. The first kappa shape index (κ1) is 18.5. The second kappa shape index (κ2) is 7.61. The van der Waals surface area contributed by atoms with Crippen molar-refractivity contribution in [2.75, 3.05) is 6.54 Å². The molecule has 140 valence electrons. The summed E-state index contributed by atoms with van der Waals surface area (Å²) in [5.41, 5.74) is 8.86. The van der Waals surface area contributed by atoms with Crippen LogP contribution in [0.5, 0.6) is 0 Å². The van der Waals surface area contributed by atoms with Gasteiger partial charge in [0.15, 0.2) is 0 Å². The third-order valence-corrected chi connectivity index (χ3v) is 7.20. The fraction of sp³-hybridized carbons (Fsp3) is 0.360. The van der Waals surface area contributed by atoms with Crippen molar-refractivity contribution in [3.8, 4) is 0 Å². The van der Waals surface area contributed by atoms with Gasteiger partial charge in [0.25, 0.3) is 0 Å². The van der Waals surface area contributed by atoms with E-state index in [1.807, 2.05) is 11.3 Å². The predicted octanol–water partition coefficient (Wildman–Crippen LogP) is 6.38. The predicted molar refractivity (Wildman–Crippen MR) is 117 cm³/mol. The van der Waals surface area contributed by atoms with Crippen molar-refractivity contribution >= 4 is 11.3 Å². The van der Waals surface area contributed by atoms with E-state index in [-0.39, 0.29) is 0 Å². The average Bonchev–Trinajstić information content (AvgIpc) is 3.00. The Labute approximate surface area is 167 Å². The molecule has 1 aliphatic rings. The van der Waals surface area contributed by atoms with Crippen LogP contribution in [0.1, 0.15) is 56.1 Å². The molecule has 1 nitrogen and oxygen atoms in total. The van der Waals surface area contributed by atoms with E-state index < -0.39 is 0 Å². The number of aryl methyl sites for hydroxylation is 3. The lowest BCUT2D eigenvalue weighted by Crippen LogP contribution is -2.35. The highest BCUT2D eigenvalue weighted by Crippen LogP contribution is 2.43. The lowest BCUT2D eigenvalue weighted by Gasteiger charge is -2.37. The SMILES string of the molecule is CCc1c(C)sc2c1CCN(Cc1cc(C)ccc1C)[C@H]2c1ccccc1. The second-order valence-electron chi connectivity index (χ2n) is 7.80. The Kier molecular flexibility index (Phi) is 5.21. The van der Waals surface area contributed by atoms with Gasteiger partial charge >= 0.3 is 0 Å². The molecule has 1 aromatic heterocycles. The molecule has 0 amide bonds. The maximum absolute atomic E-state index is 2.69. The minimum atomic E-state index is 0.374. The Morgan fingerprint density at radius 2 is 1.81 bits per heavy atom. The van der Waals surface area contributed by atoms with Gasteiger partial charge in [-0.2, -0.15) is 0 Å². The summed E-state index contributed by atoms with van der Waals surface area (Å²) in [7, 11) is 0. The van der Waals surface area contributed by atoms with Gasteiger partial charge in [-0.25, -0.2) is 0 Å². The van der Waals surface area contributed by atoms with Gasteiger partial charge in [0.1, 0.15) is 0 Å². The van der Waals surface area contributed by atoms with Gasteiger partial charge < -0.3 is 0 Å². The zero-order valence-corrected chi connectivity index (χ0v) is 17.7. The number of nitrogens with zero attached hydrogens (tertiary/aromatic N) is 1. The smallest absolute Gasteiger partial charge is 0.0702 e. The van der Waals surface area contributed by atoms with Crippen LogP contribution in [-0.2, 0) is 19.4 Å². The Morgan fingerprint density at radius 3 is 2.56 bits per heavy atom. The number of benzene rings is 2. The highest BCUT2D eigenvalue weighted by molar-refractivity contribution is 7.12. The Hall–Kier alpha value is -1.90. The molecule has 4 rings (SSSR count). The molecular weight excluding hydrogens is 346 g/mol. The number of rotatable bonds is 4. The number of hydrogen-bond donors (Lipinski definition) is 0. The first-order chi connectivity index (χ1) is 13.1. The van der Waals surface area contributed by atoms with E-state index in [1.165, 1.54) is 33.6 Å². The quantitative estimate of drug-likeness (QED) is 0.511. The normalized spacial score (nSPS) is 17.1. The van der Waals surface area contributed by atoms with E-state index in [9.17, 15) is 0 Å². The third kappa shape index (κ3) is 3.49. The molecule has 0 saturated heterocycles. The van der Waals surface area contributed by atoms with Crippen molar-refractivity contribution in [3.63, 3.8) is 0 Å². The highest BCUT2D eigenvalue weighted by Gasteiger charge is 2.32. The summed E-state index contributed by atoms with van der Waals surface area (Å²) < 4.78 is 0. The second-order valence-corrected chi connectivity index (χ2v) is 9.05. The number of hydrogen-bond acceptors (Lipinski definition) is 2. The standard InChI is InChI=1S/C25H29NS/c1-5-22-19(4)27-25-23(22)13-14-26(24(25)20-9-7-6-8-10-20)16-21-15-17(2)11-12-18(21)3/h6-12,15,24H,5,13-14,16H2,1-4H3/t24-/m0/s1. The van der Waals surface area contributed by atoms with Crippen molar-refractivity contribution in [3.05, 3.63) is 91.7 Å². The highest BCUT2D eigenvalue weighted by atomic mass is 32.1. The topological polar surface area (TPSA) is 3.24 Å². The molecule has 2 heteroatoms. The van der Waals surface area contributed by atoms with Gasteiger partial charge in [-0.05, 0) is 61.4 Å². The largest absolute Gasteiger partial charge is 0.287 e. The Morgan fingerprint density at radius 1 is 1.04 bits per heavy atom. The van der Waals surface area contributed by atoms with Gasteiger partial charge in [0, 0.05) is 22.8 Å². The first-order valence-electron chi connectivity index (χ1n) is 10.0. The lowest BCUT2D eigenvalue weighted by molar-refractivity contribution is 0.207. The Bertz CT molecular complexity index is 938. The number of thiophene rings is 1. The third-order valence-electron chi connectivity index (χ3n) is 5.96. The van der Waals surface area contributed by atoms with Gasteiger partial charge in [-0.1, -0.05) is 61.0 Å². The summed E-state index contributed by atoms with van der Waals surface area (Å²) in [5, 5.41) is 0. The number of fused-ring (bicyclic) bond motifs is 1. The summed E-state index contributed by atoms with van der Waals surface area (Å²) in [4.78, 5) is 5.78. The molecule has 0 radical (unpaired) electrons. The molecule has 0 unspecified atom stereocenters. The van der Waals surface area contributed by atoms with Gasteiger partial charge in [-0.15, -0.1) is 11.3 Å². The average molecular weight is 376 g/mol. The van der Waals surface area contributed by atoms with Crippen LogP contribution in [0.25, 0.3) is 0 Å². The van der Waals surface area contributed by atoms with Gasteiger partial charge in [0.05, 0.1) is 6.04 Å². The molecule has 0 fully saturated rings. The van der Waals surface area contributed by atoms with Crippen LogP contribution in [-0.4, -0.2) is 11.4 Å². The van der Waals surface area contributed by atoms with Crippen LogP contribution >= 0.6 is 11.3 Å². The molecule has 0 aliphatic carbocycles. The van der Waals surface area contributed by atoms with Crippen LogP contribution in [0.3, 0.4) is 0 Å². The Balaban J connectivity index is 1.78. The van der Waals surface area contributed by atoms with E-state index in [1.54, 1.807) is 16.0 Å². The molecule has 0 spiro atoms. The molecular formula is C25H29NS. The maximum atomic E-state index is 2.69. The van der Waals surface area contributed by atoms with Crippen LogP contribution in [0, 0.1) is 20.8 Å². The first-order valence-corrected chi connectivity index (χ1v) is 10.9. The van der Waals surface area contributed by atoms with Crippen molar-refractivity contribution < 1.29 is 0 Å². The fourth-order valence-electron chi connectivity index (χ4n) is 4.51. The van der Waals surface area contributed by atoms with Crippen LogP contribution in [0.4, 0.5) is 0 Å². The lowest BCUT2D eigenvalue weighted by atomic mass is 9.91. The van der Waals surface area contributed by atoms with Crippen LogP contribution in [0.2, 0.25) is 0 Å². The van der Waals surface area contributed by atoms with E-state index in [4.69, 9.17) is 0 Å². The molecule has 2 aromatic carbocycles. The fourth-order valence-corrected chi connectivity index (χ4v) is 5.98. The van der Waals surface area contributed by atoms with Gasteiger partial charge in [-0.3, -0.25) is 4.90 Å². The molecule has 2 heterocycles. The summed E-state index contributed by atoms with van der Waals surface area (Å²) in [6.45, 7) is 11.2. The molecule has 1 atom stereocenters. The zero-order chi connectivity index (χ0) is 19.0. The monoisotopic (exact) mass is 375 g/mol. The van der Waals surface area contributed by atoms with E-state index in [0.717, 1.165) is 19.5 Å².